The molecule has 0 heterocycles. The smallest absolute Gasteiger partial charge is 0.0128 e. The summed E-state index contributed by atoms with van der Waals surface area (Å²) >= 11 is 0. The highest BCUT2D eigenvalue weighted by molar-refractivity contribution is 5.37. The van der Waals surface area contributed by atoms with Crippen molar-refractivity contribution in [3.8, 4) is 0 Å². The quantitative estimate of drug-likeness (QED) is 0.643. The second-order valence-corrected chi connectivity index (χ2v) is 6.64. The molecule has 2 aliphatic rings. The minimum absolute atomic E-state index is 0.871. The summed E-state index contributed by atoms with van der Waals surface area (Å²) < 4.78 is 0. The molecule has 3 rings (SSSR count). The van der Waals surface area contributed by atoms with Crippen LogP contribution in [0.3, 0.4) is 0 Å². The number of benzene rings is 1. The van der Waals surface area contributed by atoms with Crippen LogP contribution < -0.4 is 0 Å². The molecule has 0 aromatic heterocycles. The van der Waals surface area contributed by atoms with Gasteiger partial charge in [-0.15, -0.1) is 0 Å². The molecule has 0 amide bonds. The molecule has 0 nitrogen and oxygen atoms in total. The molecule has 1 saturated carbocycles. The number of aryl methyl sites for hydroxylation is 2. The van der Waals surface area contributed by atoms with E-state index < -0.39 is 0 Å². The van der Waals surface area contributed by atoms with E-state index in [-0.39, 0.29) is 0 Å². The normalized spacial score (nSPS) is 34.8. The first-order chi connectivity index (χ1) is 8.70. The van der Waals surface area contributed by atoms with Crippen molar-refractivity contribution in [2.45, 2.75) is 58.8 Å². The predicted octanol–water partition coefficient (Wildman–Crippen LogP) is 5.10. The van der Waals surface area contributed by atoms with E-state index in [4.69, 9.17) is 0 Å². The third-order valence-corrected chi connectivity index (χ3v) is 5.65. The van der Waals surface area contributed by atoms with Crippen LogP contribution in [0.1, 0.15) is 62.1 Å². The van der Waals surface area contributed by atoms with Gasteiger partial charge in [-0.3, -0.25) is 0 Å². The largest absolute Gasteiger partial charge is 0.0651 e. The van der Waals surface area contributed by atoms with Crippen molar-refractivity contribution >= 4 is 0 Å². The third kappa shape index (κ3) is 1.90. The lowest BCUT2D eigenvalue weighted by molar-refractivity contribution is 0.118. The highest BCUT2D eigenvalue weighted by atomic mass is 14.4. The molecule has 4 atom stereocenters. The molecule has 0 N–H and O–H groups in total. The highest BCUT2D eigenvalue weighted by Crippen LogP contribution is 2.50. The van der Waals surface area contributed by atoms with Crippen LogP contribution in [0.5, 0.6) is 0 Å². The van der Waals surface area contributed by atoms with Gasteiger partial charge in [0.05, 0.1) is 0 Å². The summed E-state index contributed by atoms with van der Waals surface area (Å²) in [7, 11) is 0. The lowest BCUT2D eigenvalue weighted by atomic mass is 9.60. The summed E-state index contributed by atoms with van der Waals surface area (Å²) in [5, 5.41) is 0. The van der Waals surface area contributed by atoms with Crippen molar-refractivity contribution in [2.24, 2.45) is 17.8 Å². The van der Waals surface area contributed by atoms with Gasteiger partial charge < -0.3 is 0 Å². The lowest BCUT2D eigenvalue weighted by Gasteiger charge is -2.45. The first-order valence-electron chi connectivity index (χ1n) is 7.80. The highest BCUT2D eigenvalue weighted by Gasteiger charge is 2.39. The Morgan fingerprint density at radius 2 is 2.00 bits per heavy atom. The van der Waals surface area contributed by atoms with Gasteiger partial charge in [0, 0.05) is 0 Å². The monoisotopic (exact) mass is 242 g/mol. The van der Waals surface area contributed by atoms with Gasteiger partial charge in [0.15, 0.2) is 0 Å². The van der Waals surface area contributed by atoms with Crippen LogP contribution in [0.2, 0.25) is 0 Å². The topological polar surface area (TPSA) is 0 Å². The Labute approximate surface area is 112 Å². The van der Waals surface area contributed by atoms with Gasteiger partial charge in [0.25, 0.3) is 0 Å². The average Bonchev–Trinajstić information content (AvgIpc) is 2.37. The molecule has 0 aliphatic heterocycles. The Kier molecular flexibility index (Phi) is 3.21. The molecule has 1 aromatic rings. The van der Waals surface area contributed by atoms with Crippen molar-refractivity contribution in [3.05, 3.63) is 34.9 Å². The Balaban J connectivity index is 1.95. The SMILES string of the molecule is CCC1C(C)CCC2c3ccc(C)cc3CCC21. The molecule has 0 radical (unpaired) electrons. The van der Waals surface area contributed by atoms with Crippen molar-refractivity contribution in [3.63, 3.8) is 0 Å². The van der Waals surface area contributed by atoms with Crippen molar-refractivity contribution < 1.29 is 0 Å². The van der Waals surface area contributed by atoms with Crippen molar-refractivity contribution in [1.82, 2.24) is 0 Å². The van der Waals surface area contributed by atoms with E-state index in [1.54, 1.807) is 11.1 Å². The average molecular weight is 242 g/mol. The van der Waals surface area contributed by atoms with Crippen LogP contribution in [0.4, 0.5) is 0 Å². The number of hydrogen-bond donors (Lipinski definition) is 0. The molecule has 0 saturated heterocycles. The Morgan fingerprint density at radius 1 is 1.17 bits per heavy atom. The molecule has 2 aliphatic carbocycles. The van der Waals surface area contributed by atoms with Crippen LogP contribution in [0, 0.1) is 24.7 Å². The van der Waals surface area contributed by atoms with Crippen molar-refractivity contribution in [1.29, 1.82) is 0 Å². The predicted molar refractivity (Wildman–Crippen MR) is 77.9 cm³/mol. The molecule has 0 heteroatoms. The van der Waals surface area contributed by atoms with Gasteiger partial charge in [0.2, 0.25) is 0 Å². The zero-order chi connectivity index (χ0) is 12.7. The summed E-state index contributed by atoms with van der Waals surface area (Å²) in [6.45, 7) is 7.10. The molecule has 0 bridgehead atoms. The molecular formula is C18H26. The van der Waals surface area contributed by atoms with Crippen LogP contribution >= 0.6 is 0 Å². The molecule has 1 aromatic carbocycles. The van der Waals surface area contributed by atoms with E-state index in [0.717, 1.165) is 23.7 Å². The Morgan fingerprint density at radius 3 is 2.78 bits per heavy atom. The zero-order valence-corrected chi connectivity index (χ0v) is 12.1. The fourth-order valence-corrected chi connectivity index (χ4v) is 4.73. The first-order valence-corrected chi connectivity index (χ1v) is 7.80. The Bertz CT molecular complexity index is 432. The summed E-state index contributed by atoms with van der Waals surface area (Å²) in [6, 6.07) is 7.19. The van der Waals surface area contributed by atoms with Gasteiger partial charge in [-0.1, -0.05) is 44.0 Å². The van der Waals surface area contributed by atoms with Crippen LogP contribution in [-0.2, 0) is 6.42 Å². The molecule has 1 fully saturated rings. The fraction of sp³-hybridized carbons (Fsp3) is 0.667. The second-order valence-electron chi connectivity index (χ2n) is 6.64. The first kappa shape index (κ1) is 12.3. The van der Waals surface area contributed by atoms with Crippen LogP contribution in [0.15, 0.2) is 18.2 Å². The third-order valence-electron chi connectivity index (χ3n) is 5.65. The summed E-state index contributed by atoms with van der Waals surface area (Å²) in [5.74, 6) is 3.76. The molecule has 0 spiro atoms. The van der Waals surface area contributed by atoms with Crippen LogP contribution in [0.25, 0.3) is 0 Å². The fourth-order valence-electron chi connectivity index (χ4n) is 4.73. The van der Waals surface area contributed by atoms with E-state index in [2.05, 4.69) is 39.0 Å². The lowest BCUT2D eigenvalue weighted by Crippen LogP contribution is -2.35. The summed E-state index contributed by atoms with van der Waals surface area (Å²) in [4.78, 5) is 0. The van der Waals surface area contributed by atoms with Gasteiger partial charge in [-0.25, -0.2) is 0 Å². The standard InChI is InChI=1S/C18H26/c1-4-15-13(3)6-9-18-16-8-5-12(2)11-14(16)7-10-17(15)18/h5,8,11,13,15,17-18H,4,6-7,9-10H2,1-3H3. The van der Waals surface area contributed by atoms with Crippen LogP contribution in [-0.4, -0.2) is 0 Å². The van der Waals surface area contributed by atoms with Gasteiger partial charge >= 0.3 is 0 Å². The van der Waals surface area contributed by atoms with Gasteiger partial charge in [-0.2, -0.15) is 0 Å². The maximum atomic E-state index is 2.48. The molecule has 18 heavy (non-hydrogen) atoms. The maximum Gasteiger partial charge on any atom is -0.0128 e. The maximum absolute atomic E-state index is 2.48. The second kappa shape index (κ2) is 4.72. The van der Waals surface area contributed by atoms with Gasteiger partial charge in [-0.05, 0) is 67.4 Å². The van der Waals surface area contributed by atoms with E-state index in [1.807, 2.05) is 0 Å². The molecular weight excluding hydrogens is 216 g/mol. The molecule has 98 valence electrons. The van der Waals surface area contributed by atoms with E-state index in [1.165, 1.54) is 37.7 Å². The van der Waals surface area contributed by atoms with E-state index in [0.29, 0.717) is 0 Å². The van der Waals surface area contributed by atoms with E-state index >= 15 is 0 Å². The number of rotatable bonds is 1. The van der Waals surface area contributed by atoms with Gasteiger partial charge in [0.1, 0.15) is 0 Å². The van der Waals surface area contributed by atoms with E-state index in [9.17, 15) is 0 Å². The minimum Gasteiger partial charge on any atom is -0.0651 e. The summed E-state index contributed by atoms with van der Waals surface area (Å²) in [5.41, 5.74) is 4.78. The molecule has 4 unspecified atom stereocenters. The number of fused-ring (bicyclic) bond motifs is 3. The Hall–Kier alpha value is -0.780. The number of hydrogen-bond acceptors (Lipinski definition) is 0. The van der Waals surface area contributed by atoms with Crippen molar-refractivity contribution in [2.75, 3.05) is 0 Å². The summed E-state index contributed by atoms with van der Waals surface area (Å²) in [6.07, 6.45) is 7.00. The minimum atomic E-state index is 0.871. The zero-order valence-electron chi connectivity index (χ0n) is 12.1.